The van der Waals surface area contributed by atoms with Gasteiger partial charge in [-0.3, -0.25) is 0 Å². The Bertz CT molecular complexity index is 372. The molecule has 1 heterocycles. The van der Waals surface area contributed by atoms with Crippen molar-refractivity contribution in [2.24, 2.45) is 0 Å². The third-order valence-corrected chi connectivity index (χ3v) is 3.13. The van der Waals surface area contributed by atoms with Crippen LogP contribution in [0.2, 0.25) is 0 Å². The molecule has 0 bridgehead atoms. The largest absolute Gasteiger partial charge is 0.336 e. The fourth-order valence-electron chi connectivity index (χ4n) is 2.08. The maximum Gasteiger partial charge on any atom is 0.319 e. The molecule has 4 nitrogen and oxygen atoms in total. The maximum absolute atomic E-state index is 11.7. The van der Waals surface area contributed by atoms with Crippen LogP contribution in [0, 0.1) is 0 Å². The lowest BCUT2D eigenvalue weighted by atomic mass is 10.0. The van der Waals surface area contributed by atoms with Crippen molar-refractivity contribution in [1.29, 1.82) is 0 Å². The summed E-state index contributed by atoms with van der Waals surface area (Å²) in [5.74, 6) is 0. The average molecular weight is 233 g/mol. The van der Waals surface area contributed by atoms with Gasteiger partial charge in [0.15, 0.2) is 0 Å². The third kappa shape index (κ3) is 3.46. The molecule has 1 unspecified atom stereocenters. The normalized spacial score (nSPS) is 23.4. The van der Waals surface area contributed by atoms with E-state index in [1.807, 2.05) is 30.3 Å². The summed E-state index contributed by atoms with van der Waals surface area (Å²) in [5, 5.41) is 9.12. The Labute approximate surface area is 102 Å². The molecule has 1 atom stereocenters. The predicted molar refractivity (Wildman–Crippen MR) is 69.1 cm³/mol. The molecule has 17 heavy (non-hydrogen) atoms. The molecule has 0 spiro atoms. The number of nitrogens with one attached hydrogen (secondary N) is 3. The predicted octanol–water partition coefficient (Wildman–Crippen LogP) is 1.95. The number of carbonyl (C=O) groups excluding carboxylic acids is 1. The van der Waals surface area contributed by atoms with E-state index in [1.54, 1.807) is 0 Å². The number of para-hydroxylation sites is 1. The highest BCUT2D eigenvalue weighted by Crippen LogP contribution is 2.17. The molecular weight excluding hydrogens is 214 g/mol. The molecule has 3 N–H and O–H groups in total. The molecule has 0 radical (unpaired) electrons. The van der Waals surface area contributed by atoms with Crippen molar-refractivity contribution in [3.63, 3.8) is 0 Å². The zero-order valence-electron chi connectivity index (χ0n) is 10.1. The van der Waals surface area contributed by atoms with Crippen LogP contribution in [-0.2, 0) is 0 Å². The number of rotatable bonds is 3. The fraction of sp³-hybridized carbons (Fsp3) is 0.462. The van der Waals surface area contributed by atoms with E-state index in [2.05, 4.69) is 22.9 Å². The highest BCUT2D eigenvalue weighted by molar-refractivity contribution is 5.89. The lowest BCUT2D eigenvalue weighted by Gasteiger charge is -2.24. The van der Waals surface area contributed by atoms with Crippen LogP contribution < -0.4 is 16.0 Å². The minimum Gasteiger partial charge on any atom is -0.336 e. The molecule has 2 amide bonds. The summed E-state index contributed by atoms with van der Waals surface area (Å²) in [4.78, 5) is 11.7. The first-order chi connectivity index (χ1) is 8.18. The first-order valence-corrected chi connectivity index (χ1v) is 6.03. The quantitative estimate of drug-likeness (QED) is 0.747. The zero-order valence-corrected chi connectivity index (χ0v) is 10.1. The van der Waals surface area contributed by atoms with Crippen molar-refractivity contribution in [1.82, 2.24) is 10.6 Å². The summed E-state index contributed by atoms with van der Waals surface area (Å²) in [7, 11) is 0. The van der Waals surface area contributed by atoms with Crippen molar-refractivity contribution >= 4 is 11.7 Å². The Hall–Kier alpha value is -1.55. The minimum atomic E-state index is -0.147. The Morgan fingerprint density at radius 1 is 1.41 bits per heavy atom. The van der Waals surface area contributed by atoms with Gasteiger partial charge in [0.25, 0.3) is 0 Å². The molecule has 0 aliphatic carbocycles. The molecule has 1 aromatic carbocycles. The van der Waals surface area contributed by atoms with Crippen LogP contribution in [0.4, 0.5) is 10.5 Å². The smallest absolute Gasteiger partial charge is 0.319 e. The van der Waals surface area contributed by atoms with Crippen molar-refractivity contribution < 1.29 is 4.79 Å². The van der Waals surface area contributed by atoms with Gasteiger partial charge in [0.2, 0.25) is 0 Å². The molecule has 1 saturated heterocycles. The standard InChI is InChI=1S/C13H19N3O/c1-13(8-5-9-15-13)10-14-12(17)16-11-6-3-2-4-7-11/h2-4,6-7,15H,5,8-10H2,1H3,(H2,14,16,17). The van der Waals surface area contributed by atoms with E-state index >= 15 is 0 Å². The van der Waals surface area contributed by atoms with Crippen LogP contribution in [0.15, 0.2) is 30.3 Å². The molecule has 4 heteroatoms. The molecule has 1 aromatic rings. The van der Waals surface area contributed by atoms with Crippen LogP contribution in [0.25, 0.3) is 0 Å². The first-order valence-electron chi connectivity index (χ1n) is 6.03. The number of amides is 2. The van der Waals surface area contributed by atoms with Crippen molar-refractivity contribution in [2.75, 3.05) is 18.4 Å². The molecule has 1 aliphatic rings. The molecule has 0 saturated carbocycles. The lowest BCUT2D eigenvalue weighted by molar-refractivity contribution is 0.248. The van der Waals surface area contributed by atoms with E-state index in [0.29, 0.717) is 6.54 Å². The van der Waals surface area contributed by atoms with Gasteiger partial charge in [-0.2, -0.15) is 0 Å². The molecule has 92 valence electrons. The molecular formula is C13H19N3O. The van der Waals surface area contributed by atoms with Crippen LogP contribution in [0.1, 0.15) is 19.8 Å². The van der Waals surface area contributed by atoms with Crippen LogP contribution >= 0.6 is 0 Å². The second kappa shape index (κ2) is 5.19. The van der Waals surface area contributed by atoms with Gasteiger partial charge in [-0.1, -0.05) is 18.2 Å². The van der Waals surface area contributed by atoms with Gasteiger partial charge in [-0.05, 0) is 38.4 Å². The van der Waals surface area contributed by atoms with E-state index in [4.69, 9.17) is 0 Å². The summed E-state index contributed by atoms with van der Waals surface area (Å²) >= 11 is 0. The van der Waals surface area contributed by atoms with Crippen molar-refractivity contribution in [3.05, 3.63) is 30.3 Å². The Morgan fingerprint density at radius 3 is 2.82 bits per heavy atom. The molecule has 2 rings (SSSR count). The molecule has 0 aromatic heterocycles. The monoisotopic (exact) mass is 233 g/mol. The first kappa shape index (κ1) is 11.9. The Kier molecular flexibility index (Phi) is 3.64. The van der Waals surface area contributed by atoms with Gasteiger partial charge >= 0.3 is 6.03 Å². The van der Waals surface area contributed by atoms with Gasteiger partial charge in [-0.15, -0.1) is 0 Å². The molecule has 1 aliphatic heterocycles. The second-order valence-electron chi connectivity index (χ2n) is 4.76. The number of hydrogen-bond donors (Lipinski definition) is 3. The van der Waals surface area contributed by atoms with Crippen molar-refractivity contribution in [3.8, 4) is 0 Å². The third-order valence-electron chi connectivity index (χ3n) is 3.13. The Balaban J connectivity index is 1.78. The number of anilines is 1. The van der Waals surface area contributed by atoms with Crippen LogP contribution in [0.3, 0.4) is 0 Å². The molecule has 1 fully saturated rings. The van der Waals surface area contributed by atoms with E-state index in [9.17, 15) is 4.79 Å². The number of benzene rings is 1. The van der Waals surface area contributed by atoms with E-state index < -0.39 is 0 Å². The summed E-state index contributed by atoms with van der Waals surface area (Å²) < 4.78 is 0. The van der Waals surface area contributed by atoms with E-state index in [-0.39, 0.29) is 11.6 Å². The van der Waals surface area contributed by atoms with Gasteiger partial charge in [0.05, 0.1) is 0 Å². The van der Waals surface area contributed by atoms with Gasteiger partial charge in [0, 0.05) is 17.8 Å². The highest BCUT2D eigenvalue weighted by atomic mass is 16.2. The Morgan fingerprint density at radius 2 is 2.18 bits per heavy atom. The summed E-state index contributed by atoms with van der Waals surface area (Å²) in [6.07, 6.45) is 2.29. The summed E-state index contributed by atoms with van der Waals surface area (Å²) in [6, 6.07) is 9.31. The number of urea groups is 1. The van der Waals surface area contributed by atoms with Gasteiger partial charge in [0.1, 0.15) is 0 Å². The lowest BCUT2D eigenvalue weighted by Crippen LogP contribution is -2.48. The van der Waals surface area contributed by atoms with Gasteiger partial charge < -0.3 is 16.0 Å². The number of carbonyl (C=O) groups is 1. The summed E-state index contributed by atoms with van der Waals surface area (Å²) in [5.41, 5.74) is 0.864. The average Bonchev–Trinajstić information content (AvgIpc) is 2.76. The van der Waals surface area contributed by atoms with Crippen molar-refractivity contribution in [2.45, 2.75) is 25.3 Å². The summed E-state index contributed by atoms with van der Waals surface area (Å²) in [6.45, 7) is 3.84. The van der Waals surface area contributed by atoms with E-state index in [1.165, 1.54) is 6.42 Å². The topological polar surface area (TPSA) is 53.2 Å². The fourth-order valence-corrected chi connectivity index (χ4v) is 2.08. The zero-order chi connectivity index (χ0) is 12.1. The van der Waals surface area contributed by atoms with Crippen LogP contribution in [-0.4, -0.2) is 24.7 Å². The highest BCUT2D eigenvalue weighted by Gasteiger charge is 2.28. The maximum atomic E-state index is 11.7. The number of hydrogen-bond acceptors (Lipinski definition) is 2. The second-order valence-corrected chi connectivity index (χ2v) is 4.76. The SMILES string of the molecule is CC1(CNC(=O)Nc2ccccc2)CCCN1. The van der Waals surface area contributed by atoms with E-state index in [0.717, 1.165) is 18.7 Å². The van der Waals surface area contributed by atoms with Crippen LogP contribution in [0.5, 0.6) is 0 Å². The minimum absolute atomic E-state index is 0.0496. The van der Waals surface area contributed by atoms with Gasteiger partial charge in [-0.25, -0.2) is 4.79 Å².